The van der Waals surface area contributed by atoms with Crippen molar-refractivity contribution in [3.05, 3.63) is 0 Å². The Labute approximate surface area is 121 Å². The van der Waals surface area contributed by atoms with E-state index in [-0.39, 0.29) is 23.4 Å². The van der Waals surface area contributed by atoms with Crippen molar-refractivity contribution in [3.8, 4) is 0 Å². The van der Waals surface area contributed by atoms with Crippen LogP contribution >= 0.6 is 0 Å². The fourth-order valence-corrected chi connectivity index (χ4v) is 2.46. The largest absolute Gasteiger partial charge is 0.409 e. The van der Waals surface area contributed by atoms with Crippen LogP contribution in [0.15, 0.2) is 5.16 Å². The second kappa shape index (κ2) is 7.81. The molecule has 1 rings (SSSR count). The lowest BCUT2D eigenvalue weighted by Gasteiger charge is -2.36. The molecule has 0 aliphatic carbocycles. The number of ether oxygens (including phenoxy) is 1. The van der Waals surface area contributed by atoms with Gasteiger partial charge in [0.1, 0.15) is 5.84 Å². The van der Waals surface area contributed by atoms with Crippen LogP contribution in [0.2, 0.25) is 0 Å². The first-order chi connectivity index (χ1) is 9.46. The van der Waals surface area contributed by atoms with Gasteiger partial charge in [-0.1, -0.05) is 25.4 Å². The first kappa shape index (κ1) is 17.2. The molecule has 5 N–H and O–H groups in total. The maximum absolute atomic E-state index is 9.55. The molecule has 0 radical (unpaired) electrons. The monoisotopic (exact) mass is 287 g/mol. The molecule has 0 aromatic rings. The maximum atomic E-state index is 9.55. The molecule has 0 amide bonds. The van der Waals surface area contributed by atoms with Crippen molar-refractivity contribution in [1.29, 1.82) is 0 Å². The number of nitrogens with one attached hydrogen (secondary N) is 1. The van der Waals surface area contributed by atoms with E-state index in [9.17, 15) is 5.11 Å². The summed E-state index contributed by atoms with van der Waals surface area (Å²) in [6.07, 6.45) is 4.59. The molecule has 0 aromatic carbocycles. The predicted octanol–water partition coefficient (Wildman–Crippen LogP) is 1.06. The Morgan fingerprint density at radius 1 is 1.35 bits per heavy atom. The van der Waals surface area contributed by atoms with Crippen LogP contribution in [0.25, 0.3) is 0 Å². The third-order valence-electron chi connectivity index (χ3n) is 4.28. The molecule has 0 saturated carbocycles. The van der Waals surface area contributed by atoms with Crippen molar-refractivity contribution in [2.24, 2.45) is 16.3 Å². The van der Waals surface area contributed by atoms with Crippen molar-refractivity contribution >= 4 is 5.84 Å². The summed E-state index contributed by atoms with van der Waals surface area (Å²) >= 11 is 0. The molecule has 0 bridgehead atoms. The minimum Gasteiger partial charge on any atom is -0.409 e. The number of nitrogens with zero attached hydrogens (tertiary/aromatic N) is 1. The molecule has 0 aromatic heterocycles. The molecule has 1 fully saturated rings. The van der Waals surface area contributed by atoms with Gasteiger partial charge in [0, 0.05) is 24.2 Å². The van der Waals surface area contributed by atoms with E-state index in [1.807, 2.05) is 13.8 Å². The van der Waals surface area contributed by atoms with Gasteiger partial charge in [-0.25, -0.2) is 0 Å². The number of rotatable bonds is 8. The maximum Gasteiger partial charge on any atom is 0.144 e. The van der Waals surface area contributed by atoms with E-state index in [1.54, 1.807) is 0 Å². The van der Waals surface area contributed by atoms with Gasteiger partial charge in [-0.2, -0.15) is 0 Å². The zero-order chi connectivity index (χ0) is 15.1. The van der Waals surface area contributed by atoms with Gasteiger partial charge in [0.2, 0.25) is 0 Å². The highest BCUT2D eigenvalue weighted by molar-refractivity contribution is 5.85. The zero-order valence-corrected chi connectivity index (χ0v) is 12.7. The molecular weight excluding hydrogens is 258 g/mol. The smallest absolute Gasteiger partial charge is 0.144 e. The first-order valence-corrected chi connectivity index (χ1v) is 7.37. The fraction of sp³-hybridized carbons (Fsp3) is 0.929. The predicted molar refractivity (Wildman–Crippen MR) is 78.9 cm³/mol. The summed E-state index contributed by atoms with van der Waals surface area (Å²) in [6, 6.07) is 0. The van der Waals surface area contributed by atoms with Crippen molar-refractivity contribution in [2.45, 2.75) is 51.5 Å². The highest BCUT2D eigenvalue weighted by Crippen LogP contribution is 2.24. The molecule has 1 heterocycles. The minimum absolute atomic E-state index is 0.159. The highest BCUT2D eigenvalue weighted by atomic mass is 16.5. The number of hydrogen-bond acceptors (Lipinski definition) is 5. The van der Waals surface area contributed by atoms with Gasteiger partial charge < -0.3 is 26.1 Å². The van der Waals surface area contributed by atoms with Crippen LogP contribution in [0.3, 0.4) is 0 Å². The summed E-state index contributed by atoms with van der Waals surface area (Å²) in [6.45, 7) is 6.40. The lowest BCUT2D eigenvalue weighted by molar-refractivity contribution is 0.0120. The Balaban J connectivity index is 2.24. The molecule has 6 nitrogen and oxygen atoms in total. The molecular formula is C14H29N3O3. The van der Waals surface area contributed by atoms with Crippen LogP contribution in [0.4, 0.5) is 0 Å². The van der Waals surface area contributed by atoms with E-state index in [1.165, 1.54) is 0 Å². The Morgan fingerprint density at radius 3 is 2.55 bits per heavy atom. The van der Waals surface area contributed by atoms with E-state index in [4.69, 9.17) is 15.7 Å². The summed E-state index contributed by atoms with van der Waals surface area (Å²) in [5.41, 5.74) is 5.22. The second-order valence-electron chi connectivity index (χ2n) is 6.30. The van der Waals surface area contributed by atoms with Crippen LogP contribution in [-0.2, 0) is 4.74 Å². The summed E-state index contributed by atoms with van der Waals surface area (Å²) in [4.78, 5) is 0. The molecule has 0 atom stereocenters. The molecule has 1 aliphatic heterocycles. The number of aliphatic hydroxyl groups excluding tert-OH is 1. The van der Waals surface area contributed by atoms with Crippen molar-refractivity contribution < 1.29 is 15.1 Å². The fourth-order valence-electron chi connectivity index (χ4n) is 2.46. The lowest BCUT2D eigenvalue weighted by Crippen LogP contribution is -2.52. The molecule has 1 saturated heterocycles. The number of unbranched alkanes of at least 4 members (excludes halogenated alkanes) is 1. The molecule has 20 heavy (non-hydrogen) atoms. The normalized spacial score (nSPS) is 20.1. The Morgan fingerprint density at radius 2 is 2.00 bits per heavy atom. The second-order valence-corrected chi connectivity index (χ2v) is 6.30. The van der Waals surface area contributed by atoms with Crippen LogP contribution in [0.1, 0.15) is 46.0 Å². The summed E-state index contributed by atoms with van der Waals surface area (Å²) in [7, 11) is 0. The molecule has 1 aliphatic rings. The number of hydrogen-bond donors (Lipinski definition) is 4. The minimum atomic E-state index is -0.276. The average Bonchev–Trinajstić information content (AvgIpc) is 2.46. The van der Waals surface area contributed by atoms with Gasteiger partial charge in [-0.05, 0) is 32.2 Å². The van der Waals surface area contributed by atoms with E-state index >= 15 is 0 Å². The lowest BCUT2D eigenvalue weighted by atomic mass is 9.86. The van der Waals surface area contributed by atoms with Gasteiger partial charge in [0.15, 0.2) is 0 Å². The quantitative estimate of drug-likeness (QED) is 0.176. The first-order valence-electron chi connectivity index (χ1n) is 7.37. The highest BCUT2D eigenvalue weighted by Gasteiger charge is 2.31. The van der Waals surface area contributed by atoms with Crippen molar-refractivity contribution in [3.63, 3.8) is 0 Å². The van der Waals surface area contributed by atoms with Gasteiger partial charge >= 0.3 is 0 Å². The van der Waals surface area contributed by atoms with E-state index < -0.39 is 0 Å². The van der Waals surface area contributed by atoms with Gasteiger partial charge in [0.05, 0.1) is 6.61 Å². The van der Waals surface area contributed by atoms with Crippen molar-refractivity contribution in [2.75, 3.05) is 26.4 Å². The van der Waals surface area contributed by atoms with Gasteiger partial charge in [-0.15, -0.1) is 0 Å². The molecule has 0 unspecified atom stereocenters. The summed E-state index contributed by atoms with van der Waals surface area (Å²) in [5.74, 6) is 0.279. The standard InChI is InChI=1S/C14H29N3O3/c1-13(2,12(15)17-19)5-3-4-8-16-14(11-18)6-9-20-10-7-14/h16,18-19H,3-11H2,1-2H3,(H2,15,17). The number of aliphatic hydroxyl groups is 1. The summed E-state index contributed by atoms with van der Waals surface area (Å²) in [5, 5.41) is 24.8. The number of oxime groups is 1. The number of nitrogens with two attached hydrogens (primary N) is 1. The molecule has 118 valence electrons. The Bertz CT molecular complexity index is 313. The van der Waals surface area contributed by atoms with E-state index in [2.05, 4.69) is 10.5 Å². The van der Waals surface area contributed by atoms with Crippen LogP contribution in [0, 0.1) is 5.41 Å². The van der Waals surface area contributed by atoms with Gasteiger partial charge in [0.25, 0.3) is 0 Å². The van der Waals surface area contributed by atoms with Crippen LogP contribution < -0.4 is 11.1 Å². The topological polar surface area (TPSA) is 100 Å². The average molecular weight is 287 g/mol. The molecule has 0 spiro atoms. The van der Waals surface area contributed by atoms with E-state index in [0.717, 1.165) is 38.6 Å². The van der Waals surface area contributed by atoms with Crippen molar-refractivity contribution in [1.82, 2.24) is 5.32 Å². The Kier molecular flexibility index (Phi) is 6.71. The van der Waals surface area contributed by atoms with Crippen LogP contribution in [-0.4, -0.2) is 48.1 Å². The van der Waals surface area contributed by atoms with Crippen LogP contribution in [0.5, 0.6) is 0 Å². The SMILES string of the molecule is CC(C)(CCCCNC1(CO)CCOCC1)C(N)=NO. The zero-order valence-electron chi connectivity index (χ0n) is 12.7. The summed E-state index contributed by atoms with van der Waals surface area (Å²) < 4.78 is 5.34. The third kappa shape index (κ3) is 4.92. The Hall–Kier alpha value is -0.850. The van der Waals surface area contributed by atoms with E-state index in [0.29, 0.717) is 13.2 Å². The number of amidine groups is 1. The van der Waals surface area contributed by atoms with Gasteiger partial charge in [-0.3, -0.25) is 0 Å². The molecule has 6 heteroatoms. The third-order valence-corrected chi connectivity index (χ3v) is 4.28.